The van der Waals surface area contributed by atoms with E-state index in [2.05, 4.69) is 14.9 Å². The minimum atomic E-state index is 0.643. The van der Waals surface area contributed by atoms with Gasteiger partial charge in [-0.1, -0.05) is 0 Å². The summed E-state index contributed by atoms with van der Waals surface area (Å²) >= 11 is 1.84. The van der Waals surface area contributed by atoms with Gasteiger partial charge in [0.25, 0.3) is 0 Å². The summed E-state index contributed by atoms with van der Waals surface area (Å²) in [7, 11) is 0. The van der Waals surface area contributed by atoms with Gasteiger partial charge in [0.1, 0.15) is 5.82 Å². The first-order chi connectivity index (χ1) is 8.92. The van der Waals surface area contributed by atoms with E-state index in [4.69, 9.17) is 4.74 Å². The Balaban J connectivity index is 1.45. The van der Waals surface area contributed by atoms with Gasteiger partial charge in [0.05, 0.1) is 18.2 Å². The highest BCUT2D eigenvalue weighted by Crippen LogP contribution is 2.38. The summed E-state index contributed by atoms with van der Waals surface area (Å²) in [5.41, 5.74) is 0. The standard InChI is InChI=1S/C13H19N3OS/c1-2-11(1)13-14-4-3-12(15-13)18-10-7-16-5-8-17-9-6-16/h3-4,11H,1-2,5-10H2. The van der Waals surface area contributed by atoms with Crippen molar-refractivity contribution in [2.45, 2.75) is 23.8 Å². The monoisotopic (exact) mass is 265 g/mol. The van der Waals surface area contributed by atoms with Gasteiger partial charge in [0.2, 0.25) is 0 Å². The van der Waals surface area contributed by atoms with Crippen LogP contribution in [0.2, 0.25) is 0 Å². The van der Waals surface area contributed by atoms with Gasteiger partial charge in [-0.2, -0.15) is 0 Å². The first-order valence-corrected chi connectivity index (χ1v) is 7.66. The van der Waals surface area contributed by atoms with Crippen LogP contribution in [0, 0.1) is 0 Å². The SMILES string of the molecule is c1cc(SCCN2CCOCC2)nc(C2CC2)n1. The van der Waals surface area contributed by atoms with Crippen LogP contribution in [0.1, 0.15) is 24.6 Å². The third kappa shape index (κ3) is 3.43. The number of rotatable bonds is 5. The molecule has 1 aliphatic heterocycles. The smallest absolute Gasteiger partial charge is 0.132 e. The Kier molecular flexibility index (Phi) is 4.13. The number of hydrogen-bond acceptors (Lipinski definition) is 5. The summed E-state index contributed by atoms with van der Waals surface area (Å²) in [5, 5.41) is 1.13. The molecule has 1 aromatic heterocycles. The van der Waals surface area contributed by atoms with Crippen LogP contribution >= 0.6 is 11.8 Å². The molecule has 0 N–H and O–H groups in total. The zero-order chi connectivity index (χ0) is 12.2. The average molecular weight is 265 g/mol. The highest BCUT2D eigenvalue weighted by molar-refractivity contribution is 7.99. The van der Waals surface area contributed by atoms with E-state index in [1.807, 2.05) is 24.0 Å². The van der Waals surface area contributed by atoms with Crippen LogP contribution < -0.4 is 0 Å². The largest absolute Gasteiger partial charge is 0.379 e. The maximum Gasteiger partial charge on any atom is 0.132 e. The molecule has 2 aliphatic rings. The van der Waals surface area contributed by atoms with Crippen molar-refractivity contribution >= 4 is 11.8 Å². The average Bonchev–Trinajstić information content (AvgIpc) is 3.25. The Morgan fingerprint density at radius 3 is 2.94 bits per heavy atom. The Bertz CT molecular complexity index is 392. The molecule has 98 valence electrons. The van der Waals surface area contributed by atoms with E-state index < -0.39 is 0 Å². The van der Waals surface area contributed by atoms with Gasteiger partial charge in [-0.25, -0.2) is 9.97 Å². The zero-order valence-corrected chi connectivity index (χ0v) is 11.4. The van der Waals surface area contributed by atoms with Crippen LogP contribution in [-0.2, 0) is 4.74 Å². The fourth-order valence-electron chi connectivity index (χ4n) is 2.08. The van der Waals surface area contributed by atoms with Crippen molar-refractivity contribution < 1.29 is 4.74 Å². The van der Waals surface area contributed by atoms with Crippen molar-refractivity contribution in [3.63, 3.8) is 0 Å². The topological polar surface area (TPSA) is 38.2 Å². The lowest BCUT2D eigenvalue weighted by Crippen LogP contribution is -2.37. The normalized spacial score (nSPS) is 21.1. The van der Waals surface area contributed by atoms with E-state index in [1.54, 1.807) is 0 Å². The molecule has 1 saturated carbocycles. The van der Waals surface area contributed by atoms with Gasteiger partial charge >= 0.3 is 0 Å². The van der Waals surface area contributed by atoms with Crippen LogP contribution in [0.15, 0.2) is 17.3 Å². The van der Waals surface area contributed by atoms with Gasteiger partial charge in [0.15, 0.2) is 0 Å². The summed E-state index contributed by atoms with van der Waals surface area (Å²) in [6.07, 6.45) is 4.43. The number of aromatic nitrogens is 2. The molecule has 1 aromatic rings. The van der Waals surface area contributed by atoms with Gasteiger partial charge < -0.3 is 4.74 Å². The first-order valence-electron chi connectivity index (χ1n) is 6.68. The number of morpholine rings is 1. The van der Waals surface area contributed by atoms with E-state index in [9.17, 15) is 0 Å². The van der Waals surface area contributed by atoms with Crippen LogP contribution in [0.4, 0.5) is 0 Å². The minimum absolute atomic E-state index is 0.643. The molecular weight excluding hydrogens is 246 g/mol. The number of nitrogens with zero attached hydrogens (tertiary/aromatic N) is 3. The van der Waals surface area contributed by atoms with Gasteiger partial charge in [-0.3, -0.25) is 4.90 Å². The van der Waals surface area contributed by atoms with E-state index >= 15 is 0 Å². The minimum Gasteiger partial charge on any atom is -0.379 e. The maximum atomic E-state index is 5.34. The molecule has 2 fully saturated rings. The predicted octanol–water partition coefficient (Wildman–Crippen LogP) is 1.78. The molecule has 0 amide bonds. The molecule has 4 nitrogen and oxygen atoms in total. The molecule has 0 spiro atoms. The van der Waals surface area contributed by atoms with Crippen molar-refractivity contribution in [3.05, 3.63) is 18.1 Å². The van der Waals surface area contributed by atoms with E-state index in [0.29, 0.717) is 5.92 Å². The second-order valence-electron chi connectivity index (χ2n) is 4.83. The van der Waals surface area contributed by atoms with Gasteiger partial charge in [-0.15, -0.1) is 11.8 Å². The molecule has 18 heavy (non-hydrogen) atoms. The van der Waals surface area contributed by atoms with Gasteiger partial charge in [0, 0.05) is 37.5 Å². The van der Waals surface area contributed by atoms with Crippen molar-refractivity contribution in [2.75, 3.05) is 38.6 Å². The molecule has 1 saturated heterocycles. The van der Waals surface area contributed by atoms with E-state index in [0.717, 1.165) is 49.5 Å². The zero-order valence-electron chi connectivity index (χ0n) is 10.5. The summed E-state index contributed by atoms with van der Waals surface area (Å²) in [6.45, 7) is 5.01. The van der Waals surface area contributed by atoms with E-state index in [-0.39, 0.29) is 0 Å². The highest BCUT2D eigenvalue weighted by atomic mass is 32.2. The van der Waals surface area contributed by atoms with Crippen molar-refractivity contribution in [1.29, 1.82) is 0 Å². The third-order valence-electron chi connectivity index (χ3n) is 3.35. The molecule has 2 heterocycles. The Hall–Kier alpha value is -0.650. The quantitative estimate of drug-likeness (QED) is 0.599. The molecule has 0 unspecified atom stereocenters. The van der Waals surface area contributed by atoms with Gasteiger partial charge in [-0.05, 0) is 18.9 Å². The maximum absolute atomic E-state index is 5.34. The summed E-state index contributed by atoms with van der Waals surface area (Å²) in [5.74, 6) is 2.79. The van der Waals surface area contributed by atoms with Crippen molar-refractivity contribution in [1.82, 2.24) is 14.9 Å². The Morgan fingerprint density at radius 1 is 1.33 bits per heavy atom. The molecule has 0 radical (unpaired) electrons. The van der Waals surface area contributed by atoms with Crippen molar-refractivity contribution in [3.8, 4) is 0 Å². The lowest BCUT2D eigenvalue weighted by Gasteiger charge is -2.26. The molecular formula is C13H19N3OS. The van der Waals surface area contributed by atoms with Crippen LogP contribution in [0.3, 0.4) is 0 Å². The lowest BCUT2D eigenvalue weighted by atomic mass is 10.4. The molecule has 1 aliphatic carbocycles. The van der Waals surface area contributed by atoms with E-state index in [1.165, 1.54) is 12.8 Å². The third-order valence-corrected chi connectivity index (χ3v) is 4.26. The predicted molar refractivity (Wildman–Crippen MR) is 72.0 cm³/mol. The molecule has 5 heteroatoms. The fourth-order valence-corrected chi connectivity index (χ4v) is 2.95. The molecule has 0 bridgehead atoms. The number of thioether (sulfide) groups is 1. The lowest BCUT2D eigenvalue weighted by molar-refractivity contribution is 0.0410. The second-order valence-corrected chi connectivity index (χ2v) is 5.95. The van der Waals surface area contributed by atoms with Crippen LogP contribution in [0.25, 0.3) is 0 Å². The number of hydrogen-bond donors (Lipinski definition) is 0. The Labute approximate surface area is 112 Å². The molecule has 0 aromatic carbocycles. The Morgan fingerprint density at radius 2 is 2.17 bits per heavy atom. The summed E-state index contributed by atoms with van der Waals surface area (Å²) < 4.78 is 5.34. The molecule has 0 atom stereocenters. The van der Waals surface area contributed by atoms with Crippen LogP contribution in [-0.4, -0.2) is 53.5 Å². The molecule has 3 rings (SSSR count). The second kappa shape index (κ2) is 5.99. The fraction of sp³-hybridized carbons (Fsp3) is 0.692. The number of ether oxygens (including phenoxy) is 1. The van der Waals surface area contributed by atoms with Crippen molar-refractivity contribution in [2.24, 2.45) is 0 Å². The highest BCUT2D eigenvalue weighted by Gasteiger charge is 2.26. The first kappa shape index (κ1) is 12.4. The van der Waals surface area contributed by atoms with Crippen LogP contribution in [0.5, 0.6) is 0 Å². The summed E-state index contributed by atoms with van der Waals surface area (Å²) in [4.78, 5) is 11.4. The summed E-state index contributed by atoms with van der Waals surface area (Å²) in [6, 6.07) is 2.02.